The van der Waals surface area contributed by atoms with Gasteiger partial charge in [0.05, 0.1) is 9.59 Å². The van der Waals surface area contributed by atoms with E-state index >= 15 is 0 Å². The van der Waals surface area contributed by atoms with Crippen LogP contribution >= 0.6 is 34.7 Å². The standard InChI is InChI=1S/C10H16ClNS2/c1-3-6-13-10(7(2)12)8-4-5-9(11)14-8/h4-5,7,10H,3,6,12H2,1-2H3. The molecule has 1 aromatic rings. The number of thioether (sulfide) groups is 1. The first kappa shape index (κ1) is 12.4. The smallest absolute Gasteiger partial charge is 0.0931 e. The quantitative estimate of drug-likeness (QED) is 0.856. The summed E-state index contributed by atoms with van der Waals surface area (Å²) < 4.78 is 0.850. The minimum Gasteiger partial charge on any atom is -0.327 e. The summed E-state index contributed by atoms with van der Waals surface area (Å²) in [4.78, 5) is 1.29. The van der Waals surface area contributed by atoms with Gasteiger partial charge in [0.15, 0.2) is 0 Å². The maximum atomic E-state index is 5.96. The molecule has 80 valence electrons. The van der Waals surface area contributed by atoms with Gasteiger partial charge < -0.3 is 5.73 Å². The third-order valence-electron chi connectivity index (χ3n) is 1.85. The average Bonchev–Trinajstić information content (AvgIpc) is 2.52. The van der Waals surface area contributed by atoms with Gasteiger partial charge in [0.25, 0.3) is 0 Å². The van der Waals surface area contributed by atoms with E-state index in [-0.39, 0.29) is 6.04 Å². The predicted octanol–water partition coefficient (Wildman–Crippen LogP) is 3.93. The second-order valence-corrected chi connectivity index (χ2v) is 6.29. The fraction of sp³-hybridized carbons (Fsp3) is 0.600. The third-order valence-corrected chi connectivity index (χ3v) is 5.00. The molecular weight excluding hydrogens is 234 g/mol. The molecule has 0 fully saturated rings. The highest BCUT2D eigenvalue weighted by molar-refractivity contribution is 7.99. The Balaban J connectivity index is 2.67. The highest BCUT2D eigenvalue weighted by Crippen LogP contribution is 2.37. The van der Waals surface area contributed by atoms with Gasteiger partial charge in [0.2, 0.25) is 0 Å². The van der Waals surface area contributed by atoms with Gasteiger partial charge in [-0.15, -0.1) is 11.3 Å². The van der Waals surface area contributed by atoms with Crippen LogP contribution in [0.3, 0.4) is 0 Å². The van der Waals surface area contributed by atoms with Gasteiger partial charge in [-0.3, -0.25) is 0 Å². The van der Waals surface area contributed by atoms with E-state index in [4.69, 9.17) is 17.3 Å². The Morgan fingerprint density at radius 2 is 2.29 bits per heavy atom. The molecule has 1 heterocycles. The number of thiophene rings is 1. The zero-order valence-electron chi connectivity index (χ0n) is 8.50. The van der Waals surface area contributed by atoms with Crippen LogP contribution < -0.4 is 5.73 Å². The Kier molecular flexibility index (Phi) is 5.31. The molecule has 1 nitrogen and oxygen atoms in total. The highest BCUT2D eigenvalue weighted by Gasteiger charge is 2.17. The first-order valence-electron chi connectivity index (χ1n) is 4.77. The van der Waals surface area contributed by atoms with Crippen molar-refractivity contribution in [1.82, 2.24) is 0 Å². The molecule has 0 spiro atoms. The maximum Gasteiger partial charge on any atom is 0.0931 e. The molecule has 0 aliphatic rings. The van der Waals surface area contributed by atoms with Crippen molar-refractivity contribution in [3.8, 4) is 0 Å². The fourth-order valence-electron chi connectivity index (χ4n) is 1.22. The van der Waals surface area contributed by atoms with Crippen LogP contribution in [0.15, 0.2) is 12.1 Å². The SMILES string of the molecule is CCCSC(c1ccc(Cl)s1)C(C)N. The lowest BCUT2D eigenvalue weighted by Crippen LogP contribution is -2.22. The summed E-state index contributed by atoms with van der Waals surface area (Å²) >= 11 is 9.47. The van der Waals surface area contributed by atoms with E-state index in [1.54, 1.807) is 11.3 Å². The summed E-state index contributed by atoms with van der Waals surface area (Å²) in [5.41, 5.74) is 5.96. The number of rotatable bonds is 5. The van der Waals surface area contributed by atoms with E-state index in [2.05, 4.69) is 19.9 Å². The Morgan fingerprint density at radius 3 is 2.71 bits per heavy atom. The molecule has 0 amide bonds. The lowest BCUT2D eigenvalue weighted by Gasteiger charge is -2.18. The molecule has 2 atom stereocenters. The summed E-state index contributed by atoms with van der Waals surface area (Å²) in [6.45, 7) is 4.24. The minimum absolute atomic E-state index is 0.182. The van der Waals surface area contributed by atoms with E-state index in [1.807, 2.05) is 17.8 Å². The average molecular weight is 250 g/mol. The number of hydrogen-bond donors (Lipinski definition) is 1. The number of nitrogens with two attached hydrogens (primary N) is 1. The lowest BCUT2D eigenvalue weighted by molar-refractivity contribution is 0.729. The Labute approximate surface area is 99.0 Å². The Hall–Kier alpha value is 0.300. The third kappa shape index (κ3) is 3.46. The van der Waals surface area contributed by atoms with Crippen molar-refractivity contribution in [3.05, 3.63) is 21.3 Å². The van der Waals surface area contributed by atoms with Gasteiger partial charge in [-0.25, -0.2) is 0 Å². The lowest BCUT2D eigenvalue weighted by atomic mass is 10.2. The molecule has 0 aromatic carbocycles. The van der Waals surface area contributed by atoms with Crippen LogP contribution in [0.5, 0.6) is 0 Å². The molecular formula is C10H16ClNS2. The van der Waals surface area contributed by atoms with E-state index in [9.17, 15) is 0 Å². The van der Waals surface area contributed by atoms with Gasteiger partial charge in [0, 0.05) is 10.9 Å². The Bertz CT molecular complexity index is 273. The monoisotopic (exact) mass is 249 g/mol. The predicted molar refractivity (Wildman–Crippen MR) is 68.5 cm³/mol. The first-order chi connectivity index (χ1) is 6.65. The van der Waals surface area contributed by atoms with Crippen molar-refractivity contribution in [2.24, 2.45) is 5.73 Å². The van der Waals surface area contributed by atoms with Crippen molar-refractivity contribution in [2.75, 3.05) is 5.75 Å². The molecule has 1 rings (SSSR count). The van der Waals surface area contributed by atoms with Crippen molar-refractivity contribution in [1.29, 1.82) is 0 Å². The van der Waals surface area contributed by atoms with Gasteiger partial charge in [-0.2, -0.15) is 11.8 Å². The van der Waals surface area contributed by atoms with Gasteiger partial charge in [0.1, 0.15) is 0 Å². The van der Waals surface area contributed by atoms with E-state index in [1.165, 1.54) is 11.3 Å². The summed E-state index contributed by atoms with van der Waals surface area (Å²) in [7, 11) is 0. The number of hydrogen-bond acceptors (Lipinski definition) is 3. The molecule has 0 aliphatic carbocycles. The van der Waals surface area contributed by atoms with Crippen LogP contribution in [-0.4, -0.2) is 11.8 Å². The van der Waals surface area contributed by atoms with Gasteiger partial charge in [-0.05, 0) is 31.2 Å². The van der Waals surface area contributed by atoms with Crippen LogP contribution in [0.2, 0.25) is 4.34 Å². The molecule has 2 N–H and O–H groups in total. The molecule has 4 heteroatoms. The van der Waals surface area contributed by atoms with E-state index < -0.39 is 0 Å². The topological polar surface area (TPSA) is 26.0 Å². The van der Waals surface area contributed by atoms with Crippen LogP contribution in [0.4, 0.5) is 0 Å². The zero-order valence-corrected chi connectivity index (χ0v) is 10.9. The molecule has 14 heavy (non-hydrogen) atoms. The number of halogens is 1. The summed E-state index contributed by atoms with van der Waals surface area (Å²) in [5, 5.41) is 0.396. The molecule has 0 saturated heterocycles. The first-order valence-corrected chi connectivity index (χ1v) is 7.02. The normalized spacial score (nSPS) is 15.4. The maximum absolute atomic E-state index is 5.96. The van der Waals surface area contributed by atoms with E-state index in [0.717, 1.165) is 10.1 Å². The summed E-state index contributed by atoms with van der Waals surface area (Å²) in [6, 6.07) is 4.22. The van der Waals surface area contributed by atoms with Gasteiger partial charge in [-0.1, -0.05) is 18.5 Å². The molecule has 0 aliphatic heterocycles. The molecule has 0 radical (unpaired) electrons. The second kappa shape index (κ2) is 6.01. The van der Waals surface area contributed by atoms with Crippen molar-refractivity contribution < 1.29 is 0 Å². The van der Waals surface area contributed by atoms with Crippen molar-refractivity contribution >= 4 is 34.7 Å². The van der Waals surface area contributed by atoms with Crippen LogP contribution in [0, 0.1) is 0 Å². The van der Waals surface area contributed by atoms with Crippen LogP contribution in [0.25, 0.3) is 0 Å². The molecule has 0 saturated carbocycles. The summed E-state index contributed by atoms with van der Waals surface area (Å²) in [6.07, 6.45) is 1.19. The molecule has 1 aromatic heterocycles. The van der Waals surface area contributed by atoms with Gasteiger partial charge >= 0.3 is 0 Å². The minimum atomic E-state index is 0.182. The van der Waals surface area contributed by atoms with Crippen LogP contribution in [0.1, 0.15) is 30.4 Å². The van der Waals surface area contributed by atoms with Crippen molar-refractivity contribution in [2.45, 2.75) is 31.6 Å². The molecule has 0 bridgehead atoms. The second-order valence-electron chi connectivity index (χ2n) is 3.29. The van der Waals surface area contributed by atoms with E-state index in [0.29, 0.717) is 5.25 Å². The molecule has 2 unspecified atom stereocenters. The van der Waals surface area contributed by atoms with Crippen molar-refractivity contribution in [3.63, 3.8) is 0 Å². The largest absolute Gasteiger partial charge is 0.327 e. The van der Waals surface area contributed by atoms with Crippen LogP contribution in [-0.2, 0) is 0 Å². The fourth-order valence-corrected chi connectivity index (χ4v) is 3.76. The highest BCUT2D eigenvalue weighted by atomic mass is 35.5. The zero-order chi connectivity index (χ0) is 10.6. The summed E-state index contributed by atoms with van der Waals surface area (Å²) in [5.74, 6) is 1.15. The Morgan fingerprint density at radius 1 is 1.57 bits per heavy atom.